The number of nitrogens with zero attached hydrogens (tertiary/aromatic N) is 2. The first kappa shape index (κ1) is 49.7. The van der Waals surface area contributed by atoms with Crippen LogP contribution in [0.25, 0.3) is 0 Å². The molecule has 0 aromatic heterocycles. The molecule has 0 aliphatic heterocycles. The van der Waals surface area contributed by atoms with Gasteiger partial charge >= 0.3 is 0 Å². The maximum absolute atomic E-state index is 9.58. The van der Waals surface area contributed by atoms with Crippen LogP contribution in [-0.2, 0) is 9.59 Å². The summed E-state index contributed by atoms with van der Waals surface area (Å²) in [5, 5.41) is 27.3. The minimum atomic E-state index is -1.96. The molecular formula is C36H78N2O6. The van der Waals surface area contributed by atoms with Gasteiger partial charge in [-0.3, -0.25) is 0 Å². The van der Waals surface area contributed by atoms with E-state index in [2.05, 4.69) is 55.4 Å². The number of carboxylic acids is 2. The predicted octanol–water partition coefficient (Wildman–Crippen LogP) is 5.42. The standard InChI is InChI=1S/2C16H36N.C4H6O5.H2O/c2*1-5-9-13-17(14-10-6-2,15-11-7-3)16-12-8-4;5-2(4(8)9)1-3(6)7;/h2*5-16H2,1-4H3;2,5H,1H2,(H,6,7)(H,8,9);1H2/q2*+1;;/p-2. The fourth-order valence-corrected chi connectivity index (χ4v) is 5.53. The van der Waals surface area contributed by atoms with Crippen molar-refractivity contribution in [2.24, 2.45) is 0 Å². The second-order valence-electron chi connectivity index (χ2n) is 12.7. The molecule has 0 rings (SSSR count). The Balaban J connectivity index is -0.000000283. The molecule has 44 heavy (non-hydrogen) atoms. The van der Waals surface area contributed by atoms with Crippen molar-refractivity contribution < 1.29 is 39.4 Å². The molecule has 0 radical (unpaired) electrons. The minimum absolute atomic E-state index is 0. The van der Waals surface area contributed by atoms with Crippen LogP contribution in [0.2, 0.25) is 0 Å². The van der Waals surface area contributed by atoms with Gasteiger partial charge in [-0.05, 0) is 51.4 Å². The highest BCUT2D eigenvalue weighted by molar-refractivity contribution is 5.77. The van der Waals surface area contributed by atoms with E-state index in [0.29, 0.717) is 0 Å². The lowest BCUT2D eigenvalue weighted by Gasteiger charge is -2.39. The Morgan fingerprint density at radius 1 is 0.477 bits per heavy atom. The maximum atomic E-state index is 9.58. The summed E-state index contributed by atoms with van der Waals surface area (Å²) < 4.78 is 2.84. The Morgan fingerprint density at radius 3 is 0.750 bits per heavy atom. The largest absolute Gasteiger partial charge is 0.550 e. The lowest BCUT2D eigenvalue weighted by molar-refractivity contribution is -0.929. The van der Waals surface area contributed by atoms with Crippen molar-refractivity contribution in [2.75, 3.05) is 52.4 Å². The van der Waals surface area contributed by atoms with E-state index in [1.807, 2.05) is 0 Å². The van der Waals surface area contributed by atoms with Gasteiger partial charge in [-0.15, -0.1) is 0 Å². The van der Waals surface area contributed by atoms with Crippen LogP contribution in [0.3, 0.4) is 0 Å². The molecule has 0 aliphatic carbocycles. The molecule has 1 unspecified atom stereocenters. The van der Waals surface area contributed by atoms with Gasteiger partial charge in [0.05, 0.1) is 64.4 Å². The van der Waals surface area contributed by atoms with Gasteiger partial charge < -0.3 is 39.4 Å². The minimum Gasteiger partial charge on any atom is -0.550 e. The molecule has 8 nitrogen and oxygen atoms in total. The quantitative estimate of drug-likeness (QED) is 0.121. The summed E-state index contributed by atoms with van der Waals surface area (Å²) >= 11 is 0. The van der Waals surface area contributed by atoms with E-state index in [4.69, 9.17) is 5.11 Å². The number of carbonyl (C=O) groups is 2. The first-order valence-electron chi connectivity index (χ1n) is 18.3. The van der Waals surface area contributed by atoms with Crippen LogP contribution in [0.15, 0.2) is 0 Å². The summed E-state index contributed by atoms with van der Waals surface area (Å²) in [6.45, 7) is 30.0. The molecule has 268 valence electrons. The predicted molar refractivity (Wildman–Crippen MR) is 183 cm³/mol. The summed E-state index contributed by atoms with van der Waals surface area (Å²) in [4.78, 5) is 19.1. The molecule has 0 heterocycles. The molecule has 0 aromatic carbocycles. The summed E-state index contributed by atoms with van der Waals surface area (Å²) in [5.41, 5.74) is 0. The van der Waals surface area contributed by atoms with Crippen LogP contribution < -0.4 is 10.2 Å². The molecule has 8 heteroatoms. The Hall–Kier alpha value is -1.22. The summed E-state index contributed by atoms with van der Waals surface area (Å²) in [5.74, 6) is -3.43. The first-order valence-corrected chi connectivity index (χ1v) is 18.3. The first-order chi connectivity index (χ1) is 20.5. The average molecular weight is 635 g/mol. The maximum Gasteiger partial charge on any atom is 0.0985 e. The van der Waals surface area contributed by atoms with Gasteiger partial charge in [0.15, 0.2) is 0 Å². The van der Waals surface area contributed by atoms with Crippen molar-refractivity contribution >= 4 is 11.9 Å². The van der Waals surface area contributed by atoms with E-state index in [-0.39, 0.29) is 5.48 Å². The number of aliphatic hydroxyl groups is 1. The fraction of sp³-hybridized carbons (Fsp3) is 0.944. The molecule has 0 aromatic rings. The fourth-order valence-electron chi connectivity index (χ4n) is 5.53. The van der Waals surface area contributed by atoms with Crippen LogP contribution in [-0.4, -0.2) is 89.9 Å². The Morgan fingerprint density at radius 2 is 0.659 bits per heavy atom. The second-order valence-corrected chi connectivity index (χ2v) is 12.7. The zero-order valence-corrected chi connectivity index (χ0v) is 30.7. The van der Waals surface area contributed by atoms with Gasteiger partial charge in [0.1, 0.15) is 0 Å². The van der Waals surface area contributed by atoms with Gasteiger partial charge in [-0.1, -0.05) is 107 Å². The highest BCUT2D eigenvalue weighted by atomic mass is 16.4. The van der Waals surface area contributed by atoms with Gasteiger partial charge in [0.25, 0.3) is 0 Å². The monoisotopic (exact) mass is 635 g/mol. The Bertz CT molecular complexity index is 506. The SMILES string of the molecule is CCCC[N+](CCCC)(CCCC)CCCC.CCCC[N+](CCCC)(CCCC)CCCC.O.O=C([O-])CC(O)C(=O)[O-]. The molecule has 0 bridgehead atoms. The smallest absolute Gasteiger partial charge is 0.0985 e. The van der Waals surface area contributed by atoms with Crippen LogP contribution in [0, 0.1) is 0 Å². The molecule has 3 N–H and O–H groups in total. The molecular weight excluding hydrogens is 556 g/mol. The zero-order valence-electron chi connectivity index (χ0n) is 30.7. The van der Waals surface area contributed by atoms with Gasteiger partial charge in [0, 0.05) is 12.4 Å². The van der Waals surface area contributed by atoms with Crippen LogP contribution in [0.4, 0.5) is 0 Å². The topological polar surface area (TPSA) is 132 Å². The van der Waals surface area contributed by atoms with E-state index >= 15 is 0 Å². The molecule has 0 aliphatic rings. The summed E-state index contributed by atoms with van der Waals surface area (Å²) in [7, 11) is 0. The van der Waals surface area contributed by atoms with Gasteiger partial charge in [-0.2, -0.15) is 0 Å². The third-order valence-electron chi connectivity index (χ3n) is 8.52. The number of rotatable bonds is 27. The van der Waals surface area contributed by atoms with E-state index in [0.717, 1.165) is 0 Å². The Labute approximate surface area is 274 Å². The number of carbonyl (C=O) groups excluding carboxylic acids is 2. The van der Waals surface area contributed by atoms with E-state index in [1.54, 1.807) is 0 Å². The van der Waals surface area contributed by atoms with Crippen LogP contribution in [0.5, 0.6) is 0 Å². The van der Waals surface area contributed by atoms with E-state index < -0.39 is 24.5 Å². The number of aliphatic hydroxyl groups excluding tert-OH is 1. The van der Waals surface area contributed by atoms with Crippen molar-refractivity contribution in [3.63, 3.8) is 0 Å². The Kier molecular flexibility index (Phi) is 39.1. The number of unbranched alkanes of at least 4 members (excludes halogenated alkanes) is 8. The van der Waals surface area contributed by atoms with Crippen molar-refractivity contribution in [3.8, 4) is 0 Å². The lowest BCUT2D eigenvalue weighted by atomic mass is 10.1. The third-order valence-corrected chi connectivity index (χ3v) is 8.52. The van der Waals surface area contributed by atoms with Crippen LogP contribution >= 0.6 is 0 Å². The van der Waals surface area contributed by atoms with E-state index in [9.17, 15) is 19.8 Å². The van der Waals surface area contributed by atoms with Gasteiger partial charge in [0.2, 0.25) is 0 Å². The van der Waals surface area contributed by atoms with Crippen LogP contribution in [0.1, 0.15) is 165 Å². The molecule has 1 atom stereocenters. The average Bonchev–Trinajstić information content (AvgIpc) is 3.00. The molecule has 0 saturated carbocycles. The zero-order chi connectivity index (χ0) is 33.4. The molecule has 0 saturated heterocycles. The lowest BCUT2D eigenvalue weighted by Crippen LogP contribution is -2.50. The summed E-state index contributed by atoms with van der Waals surface area (Å²) in [6.07, 6.45) is 19.2. The number of aliphatic carboxylic acids is 2. The third kappa shape index (κ3) is 29.5. The van der Waals surface area contributed by atoms with E-state index in [1.165, 1.54) is 164 Å². The molecule has 0 amide bonds. The summed E-state index contributed by atoms with van der Waals surface area (Å²) in [6, 6.07) is 0. The normalized spacial score (nSPS) is 11.8. The van der Waals surface area contributed by atoms with Gasteiger partial charge in [-0.25, -0.2) is 0 Å². The van der Waals surface area contributed by atoms with Crippen molar-refractivity contribution in [1.82, 2.24) is 0 Å². The van der Waals surface area contributed by atoms with Crippen molar-refractivity contribution in [2.45, 2.75) is 171 Å². The second kappa shape index (κ2) is 34.6. The van der Waals surface area contributed by atoms with Crippen molar-refractivity contribution in [1.29, 1.82) is 0 Å². The number of quaternary nitrogens is 2. The molecule has 0 fully saturated rings. The highest BCUT2D eigenvalue weighted by Crippen LogP contribution is 2.17. The van der Waals surface area contributed by atoms with Crippen molar-refractivity contribution in [3.05, 3.63) is 0 Å². The number of hydrogen-bond donors (Lipinski definition) is 1. The molecule has 0 spiro atoms. The number of hydrogen-bond acceptors (Lipinski definition) is 5. The number of carboxylic acid groups (broad SMARTS) is 2. The highest BCUT2D eigenvalue weighted by Gasteiger charge is 2.25.